The van der Waals surface area contributed by atoms with E-state index >= 15 is 0 Å². The summed E-state index contributed by atoms with van der Waals surface area (Å²) < 4.78 is 0. The number of aliphatic hydroxyl groups is 1. The molecule has 0 amide bonds. The highest BCUT2D eigenvalue weighted by Crippen LogP contribution is 2.31. The Labute approximate surface area is 95.9 Å². The molecule has 1 rings (SSSR count). The quantitative estimate of drug-likeness (QED) is 0.413. The lowest BCUT2D eigenvalue weighted by Crippen LogP contribution is -2.60. The molecule has 0 bridgehead atoms. The minimum atomic E-state index is -1.36. The summed E-state index contributed by atoms with van der Waals surface area (Å²) in [6, 6.07) is -0.423. The molecule has 5 N–H and O–H groups in total. The van der Waals surface area contributed by atoms with Crippen molar-refractivity contribution in [2.24, 2.45) is 11.7 Å². The summed E-state index contributed by atoms with van der Waals surface area (Å²) in [5, 5.41) is 20.4. The molecule has 5 nitrogen and oxygen atoms in total. The zero-order chi connectivity index (χ0) is 12.3. The van der Waals surface area contributed by atoms with Crippen LogP contribution in [0.15, 0.2) is 0 Å². The van der Waals surface area contributed by atoms with E-state index in [-0.39, 0.29) is 17.7 Å². The van der Waals surface area contributed by atoms with Crippen molar-refractivity contribution < 1.29 is 9.90 Å². The number of nitrogens with two attached hydrogens (primary N) is 1. The van der Waals surface area contributed by atoms with Gasteiger partial charge in [0.25, 0.3) is 0 Å². The average Bonchev–Trinajstić information content (AvgIpc) is 2.19. The largest absolute Gasteiger partial charge is 0.380 e. The number of rotatable bonds is 3. The third-order valence-electron chi connectivity index (χ3n) is 3.16. The van der Waals surface area contributed by atoms with Gasteiger partial charge in [0.15, 0.2) is 11.7 Å². The normalized spacial score (nSPS) is 30.1. The van der Waals surface area contributed by atoms with Gasteiger partial charge in [0.1, 0.15) is 5.60 Å². The summed E-state index contributed by atoms with van der Waals surface area (Å²) in [6.45, 7) is 3.56. The topological polar surface area (TPSA) is 99.2 Å². The Morgan fingerprint density at radius 2 is 2.19 bits per heavy atom. The van der Waals surface area contributed by atoms with E-state index in [4.69, 9.17) is 11.1 Å². The van der Waals surface area contributed by atoms with E-state index in [9.17, 15) is 9.90 Å². The molecular formula is C11H21N3O2. The molecule has 5 heteroatoms. The van der Waals surface area contributed by atoms with Gasteiger partial charge in [-0.25, -0.2) is 0 Å². The monoisotopic (exact) mass is 227 g/mol. The van der Waals surface area contributed by atoms with Crippen LogP contribution in [-0.2, 0) is 4.79 Å². The molecule has 92 valence electrons. The highest BCUT2D eigenvalue weighted by atomic mass is 16.3. The second-order valence-corrected chi connectivity index (χ2v) is 4.80. The van der Waals surface area contributed by atoms with Crippen molar-refractivity contribution in [1.29, 1.82) is 5.41 Å². The number of ketones is 1. The Balaban J connectivity index is 2.86. The van der Waals surface area contributed by atoms with Crippen molar-refractivity contribution in [2.75, 3.05) is 0 Å². The van der Waals surface area contributed by atoms with E-state index in [2.05, 4.69) is 5.32 Å². The van der Waals surface area contributed by atoms with Crippen LogP contribution in [0.25, 0.3) is 0 Å². The number of hydrogen-bond donors (Lipinski definition) is 4. The number of guanidine groups is 1. The Hall–Kier alpha value is -1.10. The maximum Gasteiger partial charge on any atom is 0.186 e. The van der Waals surface area contributed by atoms with Crippen LogP contribution in [0, 0.1) is 11.3 Å². The van der Waals surface area contributed by atoms with E-state index in [1.807, 2.05) is 0 Å². The molecule has 0 radical (unpaired) electrons. The molecule has 0 aromatic heterocycles. The molecule has 0 heterocycles. The lowest BCUT2D eigenvalue weighted by atomic mass is 9.74. The van der Waals surface area contributed by atoms with Gasteiger partial charge < -0.3 is 16.2 Å². The summed E-state index contributed by atoms with van der Waals surface area (Å²) >= 11 is 0. The second kappa shape index (κ2) is 4.82. The Morgan fingerprint density at radius 1 is 1.56 bits per heavy atom. The molecule has 1 aliphatic rings. The van der Waals surface area contributed by atoms with Gasteiger partial charge >= 0.3 is 0 Å². The standard InChI is InChI=1S/C11H21N3O2/c1-7(2)9(15)11(16)6-4-3-5-8(11)14-10(12)13/h7-8,16H,3-6H2,1-2H3,(H4,12,13,14). The summed E-state index contributed by atoms with van der Waals surface area (Å²) in [5.41, 5.74) is 3.91. The maximum atomic E-state index is 12.0. The van der Waals surface area contributed by atoms with Gasteiger partial charge in [-0.2, -0.15) is 0 Å². The van der Waals surface area contributed by atoms with Crippen LogP contribution < -0.4 is 11.1 Å². The molecule has 2 atom stereocenters. The minimum absolute atomic E-state index is 0.161. The Morgan fingerprint density at radius 3 is 2.69 bits per heavy atom. The van der Waals surface area contributed by atoms with Crippen molar-refractivity contribution >= 4 is 11.7 Å². The fraction of sp³-hybridized carbons (Fsp3) is 0.818. The van der Waals surface area contributed by atoms with Gasteiger partial charge in [0, 0.05) is 5.92 Å². The second-order valence-electron chi connectivity index (χ2n) is 4.80. The van der Waals surface area contributed by atoms with Crippen LogP contribution in [0.2, 0.25) is 0 Å². The number of nitrogens with one attached hydrogen (secondary N) is 2. The third kappa shape index (κ3) is 2.52. The van der Waals surface area contributed by atoms with Gasteiger partial charge in [-0.15, -0.1) is 0 Å². The van der Waals surface area contributed by atoms with Gasteiger partial charge in [0.05, 0.1) is 6.04 Å². The predicted octanol–water partition coefficient (Wildman–Crippen LogP) is 0.368. The summed E-state index contributed by atoms with van der Waals surface area (Å²) in [7, 11) is 0. The highest BCUT2D eigenvalue weighted by molar-refractivity contribution is 5.90. The maximum absolute atomic E-state index is 12.0. The lowest BCUT2D eigenvalue weighted by molar-refractivity contribution is -0.146. The van der Waals surface area contributed by atoms with Crippen LogP contribution in [0.1, 0.15) is 39.5 Å². The summed E-state index contributed by atoms with van der Waals surface area (Å²) in [6.07, 6.45) is 2.91. The molecule has 0 saturated heterocycles. The zero-order valence-electron chi connectivity index (χ0n) is 9.92. The fourth-order valence-electron chi connectivity index (χ4n) is 2.33. The SMILES string of the molecule is CC(C)C(=O)C1(O)CCCCC1NC(=N)N. The van der Waals surface area contributed by atoms with Crippen molar-refractivity contribution in [2.45, 2.75) is 51.2 Å². The average molecular weight is 227 g/mol. The van der Waals surface area contributed by atoms with Crippen LogP contribution in [0.4, 0.5) is 0 Å². The molecule has 16 heavy (non-hydrogen) atoms. The van der Waals surface area contributed by atoms with Crippen LogP contribution in [0.3, 0.4) is 0 Å². The lowest BCUT2D eigenvalue weighted by Gasteiger charge is -2.40. The van der Waals surface area contributed by atoms with Gasteiger partial charge in [0.2, 0.25) is 0 Å². The Bertz CT molecular complexity index is 291. The first-order valence-electron chi connectivity index (χ1n) is 5.75. The fourth-order valence-corrected chi connectivity index (χ4v) is 2.33. The minimum Gasteiger partial charge on any atom is -0.380 e. The first kappa shape index (κ1) is 13.0. The highest BCUT2D eigenvalue weighted by Gasteiger charge is 2.46. The number of Topliss-reactive ketones (excluding diaryl/α,β-unsaturated/α-hetero) is 1. The number of carbonyl (C=O) groups is 1. The van der Waals surface area contributed by atoms with Crippen LogP contribution in [0.5, 0.6) is 0 Å². The molecule has 0 aliphatic heterocycles. The molecule has 0 aromatic rings. The first-order chi connectivity index (χ1) is 7.38. The Kier molecular flexibility index (Phi) is 3.91. The van der Waals surface area contributed by atoms with Crippen molar-refractivity contribution in [1.82, 2.24) is 5.32 Å². The molecule has 2 unspecified atom stereocenters. The van der Waals surface area contributed by atoms with Crippen molar-refractivity contribution in [3.05, 3.63) is 0 Å². The molecular weight excluding hydrogens is 206 g/mol. The van der Waals surface area contributed by atoms with Gasteiger partial charge in [-0.05, 0) is 19.3 Å². The van der Waals surface area contributed by atoms with Crippen LogP contribution >= 0.6 is 0 Å². The van der Waals surface area contributed by atoms with E-state index in [1.165, 1.54) is 0 Å². The summed E-state index contributed by atoms with van der Waals surface area (Å²) in [5.74, 6) is -0.563. The first-order valence-corrected chi connectivity index (χ1v) is 5.75. The molecule has 0 aromatic carbocycles. The molecule has 1 saturated carbocycles. The van der Waals surface area contributed by atoms with Crippen LogP contribution in [-0.4, -0.2) is 28.5 Å². The van der Waals surface area contributed by atoms with Crippen molar-refractivity contribution in [3.63, 3.8) is 0 Å². The van der Waals surface area contributed by atoms with E-state index in [0.29, 0.717) is 12.8 Å². The van der Waals surface area contributed by atoms with Crippen molar-refractivity contribution in [3.8, 4) is 0 Å². The molecule has 1 fully saturated rings. The predicted molar refractivity (Wildman–Crippen MR) is 62.1 cm³/mol. The van der Waals surface area contributed by atoms with E-state index in [1.54, 1.807) is 13.8 Å². The van der Waals surface area contributed by atoms with E-state index < -0.39 is 11.6 Å². The smallest absolute Gasteiger partial charge is 0.186 e. The van der Waals surface area contributed by atoms with E-state index in [0.717, 1.165) is 12.8 Å². The summed E-state index contributed by atoms with van der Waals surface area (Å²) in [4.78, 5) is 12.0. The third-order valence-corrected chi connectivity index (χ3v) is 3.16. The number of carbonyl (C=O) groups excluding carboxylic acids is 1. The van der Waals surface area contributed by atoms with Gasteiger partial charge in [-0.3, -0.25) is 10.2 Å². The van der Waals surface area contributed by atoms with Gasteiger partial charge in [-0.1, -0.05) is 20.3 Å². The zero-order valence-corrected chi connectivity index (χ0v) is 9.92. The number of hydrogen-bond acceptors (Lipinski definition) is 3. The molecule has 0 spiro atoms. The molecule has 1 aliphatic carbocycles.